The summed E-state index contributed by atoms with van der Waals surface area (Å²) in [7, 11) is 0. The standard InChI is InChI=1S/C14H19BrClN3S/c1-3-11-14(15)12(19(4-2)18-11)9-17-8-7-10-5-6-13(16)20-10/h5-6,17H,3-4,7-9H2,1-2H3. The maximum Gasteiger partial charge on any atom is 0.0931 e. The summed E-state index contributed by atoms with van der Waals surface area (Å²) in [5, 5.41) is 8.09. The van der Waals surface area contributed by atoms with Crippen molar-refractivity contribution in [2.45, 2.75) is 39.8 Å². The number of hydrogen-bond acceptors (Lipinski definition) is 3. The normalized spacial score (nSPS) is 11.2. The van der Waals surface area contributed by atoms with Crippen LogP contribution in [-0.4, -0.2) is 16.3 Å². The van der Waals surface area contributed by atoms with E-state index in [9.17, 15) is 0 Å². The molecule has 0 unspecified atom stereocenters. The van der Waals surface area contributed by atoms with Crippen LogP contribution in [0.3, 0.4) is 0 Å². The summed E-state index contributed by atoms with van der Waals surface area (Å²) >= 11 is 11.2. The molecule has 2 aromatic heterocycles. The first-order valence-corrected chi connectivity index (χ1v) is 8.83. The molecule has 0 aliphatic rings. The fraction of sp³-hybridized carbons (Fsp3) is 0.500. The number of halogens is 2. The lowest BCUT2D eigenvalue weighted by Gasteiger charge is -2.07. The van der Waals surface area contributed by atoms with Gasteiger partial charge in [0.1, 0.15) is 0 Å². The molecule has 6 heteroatoms. The molecule has 0 atom stereocenters. The van der Waals surface area contributed by atoms with E-state index in [2.05, 4.69) is 50.9 Å². The predicted octanol–water partition coefficient (Wildman–Crippen LogP) is 4.28. The number of aromatic nitrogens is 2. The van der Waals surface area contributed by atoms with E-state index in [4.69, 9.17) is 11.6 Å². The van der Waals surface area contributed by atoms with Crippen molar-refractivity contribution in [1.29, 1.82) is 0 Å². The Morgan fingerprint density at radius 2 is 2.20 bits per heavy atom. The van der Waals surface area contributed by atoms with Gasteiger partial charge in [0.2, 0.25) is 0 Å². The third-order valence-corrected chi connectivity index (χ3v) is 5.37. The van der Waals surface area contributed by atoms with Crippen LogP contribution in [0, 0.1) is 0 Å². The van der Waals surface area contributed by atoms with Crippen molar-refractivity contribution < 1.29 is 0 Å². The van der Waals surface area contributed by atoms with Crippen molar-refractivity contribution in [3.05, 3.63) is 37.2 Å². The molecule has 110 valence electrons. The van der Waals surface area contributed by atoms with E-state index in [1.807, 2.05) is 6.07 Å². The summed E-state index contributed by atoms with van der Waals surface area (Å²) in [6, 6.07) is 4.05. The summed E-state index contributed by atoms with van der Waals surface area (Å²) in [6.45, 7) is 6.93. The number of aryl methyl sites for hydroxylation is 2. The van der Waals surface area contributed by atoms with Crippen LogP contribution in [0.25, 0.3) is 0 Å². The topological polar surface area (TPSA) is 29.9 Å². The quantitative estimate of drug-likeness (QED) is 0.731. The summed E-state index contributed by atoms with van der Waals surface area (Å²) < 4.78 is 4.07. The van der Waals surface area contributed by atoms with Crippen molar-refractivity contribution in [3.63, 3.8) is 0 Å². The van der Waals surface area contributed by atoms with Gasteiger partial charge in [-0.2, -0.15) is 5.10 Å². The predicted molar refractivity (Wildman–Crippen MR) is 89.7 cm³/mol. The summed E-state index contributed by atoms with van der Waals surface area (Å²) in [5.74, 6) is 0. The van der Waals surface area contributed by atoms with Crippen LogP contribution in [0.15, 0.2) is 16.6 Å². The molecule has 0 radical (unpaired) electrons. The smallest absolute Gasteiger partial charge is 0.0931 e. The van der Waals surface area contributed by atoms with E-state index in [1.165, 1.54) is 10.6 Å². The molecular formula is C14H19BrClN3S. The molecule has 3 nitrogen and oxygen atoms in total. The minimum atomic E-state index is 0.834. The molecule has 2 rings (SSSR count). The Balaban J connectivity index is 1.89. The van der Waals surface area contributed by atoms with Gasteiger partial charge in [-0.25, -0.2) is 0 Å². The van der Waals surface area contributed by atoms with Crippen LogP contribution in [0.1, 0.15) is 30.1 Å². The molecule has 20 heavy (non-hydrogen) atoms. The van der Waals surface area contributed by atoms with Crippen LogP contribution >= 0.6 is 38.9 Å². The minimum absolute atomic E-state index is 0.834. The summed E-state index contributed by atoms with van der Waals surface area (Å²) in [5.41, 5.74) is 2.36. The highest BCUT2D eigenvalue weighted by molar-refractivity contribution is 9.10. The molecule has 0 saturated heterocycles. The molecule has 0 bridgehead atoms. The maximum atomic E-state index is 5.93. The average Bonchev–Trinajstić information content (AvgIpc) is 2.99. The van der Waals surface area contributed by atoms with Crippen LogP contribution < -0.4 is 5.32 Å². The van der Waals surface area contributed by atoms with Crippen LogP contribution in [0.4, 0.5) is 0 Å². The largest absolute Gasteiger partial charge is 0.311 e. The zero-order chi connectivity index (χ0) is 14.5. The first kappa shape index (κ1) is 16.0. The molecule has 0 spiro atoms. The van der Waals surface area contributed by atoms with Crippen LogP contribution in [0.5, 0.6) is 0 Å². The third-order valence-electron chi connectivity index (χ3n) is 3.16. The Morgan fingerprint density at radius 3 is 2.80 bits per heavy atom. The fourth-order valence-corrected chi connectivity index (χ4v) is 3.88. The zero-order valence-electron chi connectivity index (χ0n) is 11.7. The van der Waals surface area contributed by atoms with Crippen molar-refractivity contribution in [2.75, 3.05) is 6.54 Å². The number of hydrogen-bond donors (Lipinski definition) is 1. The van der Waals surface area contributed by atoms with Gasteiger partial charge in [0.05, 0.1) is 20.2 Å². The number of nitrogens with zero attached hydrogens (tertiary/aromatic N) is 2. The van der Waals surface area contributed by atoms with Gasteiger partial charge in [0.25, 0.3) is 0 Å². The van der Waals surface area contributed by atoms with Gasteiger partial charge in [-0.1, -0.05) is 18.5 Å². The lowest BCUT2D eigenvalue weighted by Crippen LogP contribution is -2.19. The van der Waals surface area contributed by atoms with Crippen molar-refractivity contribution >= 4 is 38.9 Å². The molecule has 0 aliphatic carbocycles. The molecule has 2 aromatic rings. The van der Waals surface area contributed by atoms with Gasteiger partial charge in [-0.05, 0) is 47.8 Å². The first-order valence-electron chi connectivity index (χ1n) is 6.84. The molecule has 0 aliphatic heterocycles. The highest BCUT2D eigenvalue weighted by Gasteiger charge is 2.13. The van der Waals surface area contributed by atoms with Gasteiger partial charge in [-0.15, -0.1) is 11.3 Å². The lowest BCUT2D eigenvalue weighted by atomic mass is 10.3. The first-order chi connectivity index (χ1) is 9.65. The van der Waals surface area contributed by atoms with Gasteiger partial charge in [0, 0.05) is 24.5 Å². The van der Waals surface area contributed by atoms with Crippen LogP contribution in [0.2, 0.25) is 4.34 Å². The highest BCUT2D eigenvalue weighted by atomic mass is 79.9. The van der Waals surface area contributed by atoms with E-state index < -0.39 is 0 Å². The lowest BCUT2D eigenvalue weighted by molar-refractivity contribution is 0.578. The Hall–Kier alpha value is -0.360. The van der Waals surface area contributed by atoms with Crippen molar-refractivity contribution in [2.24, 2.45) is 0 Å². The summed E-state index contributed by atoms with van der Waals surface area (Å²) in [4.78, 5) is 1.32. The fourth-order valence-electron chi connectivity index (χ4n) is 2.09. The Bertz CT molecular complexity index is 565. The third kappa shape index (κ3) is 3.85. The SMILES string of the molecule is CCc1nn(CC)c(CNCCc2ccc(Cl)s2)c1Br. The Kier molecular flexibility index (Phi) is 6.08. The number of nitrogens with one attached hydrogen (secondary N) is 1. The second-order valence-corrected chi connectivity index (χ2v) is 7.10. The van der Waals surface area contributed by atoms with Gasteiger partial charge < -0.3 is 5.32 Å². The Morgan fingerprint density at radius 1 is 1.40 bits per heavy atom. The number of rotatable bonds is 7. The van der Waals surface area contributed by atoms with E-state index in [0.29, 0.717) is 0 Å². The van der Waals surface area contributed by atoms with E-state index in [1.54, 1.807) is 11.3 Å². The highest BCUT2D eigenvalue weighted by Crippen LogP contribution is 2.23. The molecule has 0 amide bonds. The van der Waals surface area contributed by atoms with Gasteiger partial charge in [-0.3, -0.25) is 4.68 Å². The molecular weight excluding hydrogens is 358 g/mol. The maximum absolute atomic E-state index is 5.93. The zero-order valence-corrected chi connectivity index (χ0v) is 14.9. The van der Waals surface area contributed by atoms with E-state index >= 15 is 0 Å². The second-order valence-electron chi connectivity index (χ2n) is 4.51. The van der Waals surface area contributed by atoms with Gasteiger partial charge in [0.15, 0.2) is 0 Å². The Labute approximate surface area is 137 Å². The summed E-state index contributed by atoms with van der Waals surface area (Å²) in [6.07, 6.45) is 1.96. The van der Waals surface area contributed by atoms with Gasteiger partial charge >= 0.3 is 0 Å². The van der Waals surface area contributed by atoms with Crippen molar-refractivity contribution in [1.82, 2.24) is 15.1 Å². The molecule has 0 aromatic carbocycles. The average molecular weight is 377 g/mol. The van der Waals surface area contributed by atoms with Crippen LogP contribution in [-0.2, 0) is 25.9 Å². The van der Waals surface area contributed by atoms with E-state index in [-0.39, 0.29) is 0 Å². The monoisotopic (exact) mass is 375 g/mol. The molecule has 0 fully saturated rings. The second kappa shape index (κ2) is 7.59. The minimum Gasteiger partial charge on any atom is -0.311 e. The van der Waals surface area contributed by atoms with E-state index in [0.717, 1.165) is 47.0 Å². The molecule has 1 N–H and O–H groups in total. The van der Waals surface area contributed by atoms with Crippen molar-refractivity contribution in [3.8, 4) is 0 Å². The number of thiophene rings is 1. The molecule has 2 heterocycles. The molecule has 0 saturated carbocycles.